The first-order valence-corrected chi connectivity index (χ1v) is 6.79. The maximum absolute atomic E-state index is 13.0. The summed E-state index contributed by atoms with van der Waals surface area (Å²) in [5.74, 6) is -0.319. The molecule has 102 valence electrons. The third kappa shape index (κ3) is 4.23. The molecular weight excluding hydrogens is 253 g/mol. The fourth-order valence-corrected chi connectivity index (χ4v) is 2.42. The van der Waals surface area contributed by atoms with Gasteiger partial charge in [-0.25, -0.2) is 4.39 Å². The van der Waals surface area contributed by atoms with Gasteiger partial charge in [0.15, 0.2) is 0 Å². The van der Waals surface area contributed by atoms with Crippen molar-refractivity contribution in [2.24, 2.45) is 0 Å². The molecule has 0 aromatic heterocycles. The number of hydrogen-bond donors (Lipinski definition) is 1. The minimum absolute atomic E-state index is 0.120. The first kappa shape index (κ1) is 15.4. The summed E-state index contributed by atoms with van der Waals surface area (Å²) in [6, 6.07) is 4.88. The Morgan fingerprint density at radius 2 is 2.00 bits per heavy atom. The summed E-state index contributed by atoms with van der Waals surface area (Å²) in [5, 5.41) is 9.58. The lowest BCUT2D eigenvalue weighted by molar-refractivity contribution is 0.136. The average molecular weight is 274 g/mol. The zero-order chi connectivity index (χ0) is 13.5. The van der Waals surface area contributed by atoms with Crippen LogP contribution < -0.4 is 0 Å². The summed E-state index contributed by atoms with van der Waals surface area (Å²) in [6.07, 6.45) is 2.05. The maximum atomic E-state index is 13.0. The van der Waals surface area contributed by atoms with E-state index in [1.807, 2.05) is 0 Å². The molecule has 1 aromatic rings. The van der Waals surface area contributed by atoms with E-state index in [4.69, 9.17) is 16.7 Å². The van der Waals surface area contributed by atoms with Gasteiger partial charge in [-0.05, 0) is 30.5 Å². The van der Waals surface area contributed by atoms with Crippen LogP contribution in [0.1, 0.15) is 32.3 Å². The first-order chi connectivity index (χ1) is 8.62. The van der Waals surface area contributed by atoms with Gasteiger partial charge in [0.2, 0.25) is 0 Å². The quantitative estimate of drug-likeness (QED) is 0.822. The van der Waals surface area contributed by atoms with Gasteiger partial charge < -0.3 is 5.11 Å². The van der Waals surface area contributed by atoms with E-state index >= 15 is 0 Å². The molecule has 0 radical (unpaired) electrons. The molecule has 4 heteroatoms. The van der Waals surface area contributed by atoms with Crippen molar-refractivity contribution >= 4 is 11.6 Å². The van der Waals surface area contributed by atoms with Gasteiger partial charge in [0.1, 0.15) is 5.82 Å². The summed E-state index contributed by atoms with van der Waals surface area (Å²) >= 11 is 6.04. The molecule has 0 fully saturated rings. The SMILES string of the molecule is CCC(CC)N(CCO)Cc1ccc(F)cc1Cl. The smallest absolute Gasteiger partial charge is 0.124 e. The second kappa shape index (κ2) is 7.72. The van der Waals surface area contributed by atoms with Crippen LogP contribution in [0, 0.1) is 5.82 Å². The third-order valence-electron chi connectivity index (χ3n) is 3.23. The Morgan fingerprint density at radius 3 is 2.50 bits per heavy atom. The van der Waals surface area contributed by atoms with Gasteiger partial charge in [-0.3, -0.25) is 4.90 Å². The van der Waals surface area contributed by atoms with Gasteiger partial charge >= 0.3 is 0 Å². The molecular formula is C14H21ClFNO. The third-order valence-corrected chi connectivity index (χ3v) is 3.59. The van der Waals surface area contributed by atoms with Gasteiger partial charge in [0.05, 0.1) is 6.61 Å². The second-order valence-electron chi connectivity index (χ2n) is 4.40. The standard InChI is InChI=1S/C14H21ClFNO/c1-3-13(4-2)17(7-8-18)10-11-5-6-12(16)9-14(11)15/h5-6,9,13,18H,3-4,7-8,10H2,1-2H3. The van der Waals surface area contributed by atoms with Crippen LogP contribution in [0.3, 0.4) is 0 Å². The second-order valence-corrected chi connectivity index (χ2v) is 4.81. The van der Waals surface area contributed by atoms with Gasteiger partial charge in [-0.15, -0.1) is 0 Å². The molecule has 0 aliphatic rings. The highest BCUT2D eigenvalue weighted by atomic mass is 35.5. The number of halogens is 2. The fraction of sp³-hybridized carbons (Fsp3) is 0.571. The Balaban J connectivity index is 2.82. The van der Waals surface area contributed by atoms with Crippen LogP contribution in [0.2, 0.25) is 5.02 Å². The highest BCUT2D eigenvalue weighted by molar-refractivity contribution is 6.31. The molecule has 2 nitrogen and oxygen atoms in total. The zero-order valence-corrected chi connectivity index (χ0v) is 11.8. The summed E-state index contributed by atoms with van der Waals surface area (Å²) in [7, 11) is 0. The molecule has 0 bridgehead atoms. The van der Waals surface area contributed by atoms with Crippen LogP contribution in [0.25, 0.3) is 0 Å². The topological polar surface area (TPSA) is 23.5 Å². The number of aliphatic hydroxyl groups excluding tert-OH is 1. The molecule has 0 aliphatic carbocycles. The summed E-state index contributed by atoms with van der Waals surface area (Å²) in [6.45, 7) is 5.64. The van der Waals surface area contributed by atoms with Crippen LogP contribution in [0.4, 0.5) is 4.39 Å². The van der Waals surface area contributed by atoms with Crippen LogP contribution in [0.15, 0.2) is 18.2 Å². The van der Waals surface area contributed by atoms with E-state index in [0.29, 0.717) is 24.2 Å². The number of aliphatic hydroxyl groups is 1. The van der Waals surface area contributed by atoms with E-state index in [9.17, 15) is 4.39 Å². The van der Waals surface area contributed by atoms with Crippen molar-refractivity contribution in [2.75, 3.05) is 13.2 Å². The van der Waals surface area contributed by atoms with Crippen LogP contribution in [0.5, 0.6) is 0 Å². The van der Waals surface area contributed by atoms with Gasteiger partial charge in [-0.2, -0.15) is 0 Å². The van der Waals surface area contributed by atoms with E-state index < -0.39 is 0 Å². The van der Waals surface area contributed by atoms with Crippen LogP contribution >= 0.6 is 11.6 Å². The lowest BCUT2D eigenvalue weighted by atomic mass is 10.1. The number of rotatable bonds is 7. The lowest BCUT2D eigenvalue weighted by Crippen LogP contribution is -2.36. The Morgan fingerprint density at radius 1 is 1.33 bits per heavy atom. The van der Waals surface area contributed by atoms with Gasteiger partial charge in [-0.1, -0.05) is 31.5 Å². The Bertz CT molecular complexity index is 369. The van der Waals surface area contributed by atoms with E-state index in [0.717, 1.165) is 18.4 Å². The summed E-state index contributed by atoms with van der Waals surface area (Å²) < 4.78 is 13.0. The molecule has 1 aromatic carbocycles. The highest BCUT2D eigenvalue weighted by Crippen LogP contribution is 2.21. The molecule has 0 unspecified atom stereocenters. The Kier molecular flexibility index (Phi) is 6.61. The van der Waals surface area contributed by atoms with Crippen LogP contribution in [-0.4, -0.2) is 29.2 Å². The molecule has 1 N–H and O–H groups in total. The predicted octanol–water partition coefficient (Wildman–Crippen LogP) is 3.46. The minimum Gasteiger partial charge on any atom is -0.395 e. The number of nitrogens with zero attached hydrogens (tertiary/aromatic N) is 1. The first-order valence-electron chi connectivity index (χ1n) is 6.41. The molecule has 0 saturated heterocycles. The molecule has 0 heterocycles. The van der Waals surface area contributed by atoms with E-state index in [1.54, 1.807) is 6.07 Å². The molecule has 0 atom stereocenters. The summed E-state index contributed by atoms with van der Waals surface area (Å²) in [5.41, 5.74) is 0.901. The molecule has 0 saturated carbocycles. The van der Waals surface area contributed by atoms with Crippen molar-refractivity contribution in [3.05, 3.63) is 34.6 Å². The van der Waals surface area contributed by atoms with Crippen molar-refractivity contribution in [3.8, 4) is 0 Å². The van der Waals surface area contributed by atoms with Crippen LogP contribution in [-0.2, 0) is 6.54 Å². The monoisotopic (exact) mass is 273 g/mol. The fourth-order valence-electron chi connectivity index (χ4n) is 2.19. The van der Waals surface area contributed by atoms with E-state index in [1.165, 1.54) is 12.1 Å². The zero-order valence-electron chi connectivity index (χ0n) is 11.0. The largest absolute Gasteiger partial charge is 0.395 e. The molecule has 0 aliphatic heterocycles. The van der Waals surface area contributed by atoms with E-state index in [2.05, 4.69) is 18.7 Å². The Labute approximate surface area is 113 Å². The Hall–Kier alpha value is -0.640. The normalized spacial score (nSPS) is 11.5. The average Bonchev–Trinajstić information content (AvgIpc) is 2.34. The van der Waals surface area contributed by atoms with Crippen molar-refractivity contribution in [1.29, 1.82) is 0 Å². The number of benzene rings is 1. The molecule has 0 amide bonds. The van der Waals surface area contributed by atoms with Gasteiger partial charge in [0.25, 0.3) is 0 Å². The minimum atomic E-state index is -0.319. The number of hydrogen-bond acceptors (Lipinski definition) is 2. The lowest BCUT2D eigenvalue weighted by Gasteiger charge is -2.30. The molecule has 1 rings (SSSR count). The summed E-state index contributed by atoms with van der Waals surface area (Å²) in [4.78, 5) is 2.19. The maximum Gasteiger partial charge on any atom is 0.124 e. The highest BCUT2D eigenvalue weighted by Gasteiger charge is 2.16. The van der Waals surface area contributed by atoms with Crippen molar-refractivity contribution in [1.82, 2.24) is 4.90 Å². The predicted molar refractivity (Wildman–Crippen MR) is 73.3 cm³/mol. The van der Waals surface area contributed by atoms with Crippen molar-refractivity contribution in [2.45, 2.75) is 39.3 Å². The molecule has 18 heavy (non-hydrogen) atoms. The van der Waals surface area contributed by atoms with Gasteiger partial charge in [0, 0.05) is 24.2 Å². The van der Waals surface area contributed by atoms with Crippen molar-refractivity contribution in [3.63, 3.8) is 0 Å². The van der Waals surface area contributed by atoms with E-state index in [-0.39, 0.29) is 12.4 Å². The van der Waals surface area contributed by atoms with Crippen molar-refractivity contribution < 1.29 is 9.50 Å². The molecule has 0 spiro atoms.